The van der Waals surface area contributed by atoms with Gasteiger partial charge in [0.15, 0.2) is 0 Å². The highest BCUT2D eigenvalue weighted by Gasteiger charge is 2.37. The predicted molar refractivity (Wildman–Crippen MR) is 112 cm³/mol. The van der Waals surface area contributed by atoms with Crippen LogP contribution < -0.4 is 5.56 Å². The van der Waals surface area contributed by atoms with E-state index in [4.69, 9.17) is 11.6 Å². The molecule has 1 fully saturated rings. The van der Waals surface area contributed by atoms with Crippen molar-refractivity contribution in [1.82, 2.24) is 14.3 Å². The normalized spacial score (nSPS) is 16.3. The van der Waals surface area contributed by atoms with Crippen LogP contribution in [-0.4, -0.2) is 38.4 Å². The minimum absolute atomic E-state index is 0.247. The van der Waals surface area contributed by atoms with Crippen LogP contribution in [0.1, 0.15) is 34.3 Å². The van der Waals surface area contributed by atoms with Crippen molar-refractivity contribution >= 4 is 23.1 Å². The number of likely N-dealkylation sites (tertiary alicyclic amines) is 1. The molecule has 0 atom stereocenters. The molecule has 0 amide bonds. The molecule has 0 radical (unpaired) electrons. The zero-order chi connectivity index (χ0) is 21.3. The number of halogens is 1. The first-order valence-corrected chi connectivity index (χ1v) is 9.93. The van der Waals surface area contributed by atoms with Crippen molar-refractivity contribution in [2.45, 2.75) is 24.8 Å². The molecule has 1 aliphatic rings. The summed E-state index contributed by atoms with van der Waals surface area (Å²) >= 11 is 6.02. The third kappa shape index (κ3) is 3.56. The molecule has 4 rings (SSSR count). The Bertz CT molecular complexity index is 1220. The van der Waals surface area contributed by atoms with E-state index in [1.54, 1.807) is 24.5 Å². The molecular weight excluding hydrogens is 404 g/mol. The second-order valence-electron chi connectivity index (χ2n) is 7.49. The van der Waals surface area contributed by atoms with Gasteiger partial charge in [-0.3, -0.25) is 14.1 Å². The lowest BCUT2D eigenvalue weighted by Gasteiger charge is -2.37. The molecule has 4 heterocycles. The summed E-state index contributed by atoms with van der Waals surface area (Å²) in [4.78, 5) is 30.2. The van der Waals surface area contributed by atoms with Gasteiger partial charge in [-0.1, -0.05) is 17.7 Å². The van der Waals surface area contributed by atoms with Gasteiger partial charge in [0.05, 0.1) is 17.0 Å². The first kappa shape index (κ1) is 20.1. The third-order valence-corrected chi connectivity index (χ3v) is 5.99. The number of nitriles is 1. The molecule has 30 heavy (non-hydrogen) atoms. The minimum atomic E-state index is -1.24. The number of nitrogens with zero attached hydrogens (tertiary/aromatic N) is 4. The standard InChI is InChI=1S/C22H19ClN4O3/c23-19-12-16(4-7-25-19)22(14-24)5-9-26(10-6-22)13-15-11-17(21(29)30)20(28)27-8-2-1-3-18(15)27/h1-4,7-8,11-12H,5-6,9-10,13H2,(H,29,30). The van der Waals surface area contributed by atoms with Crippen LogP contribution >= 0.6 is 11.6 Å². The smallest absolute Gasteiger partial charge is 0.341 e. The first-order chi connectivity index (χ1) is 14.4. The molecule has 0 spiro atoms. The van der Waals surface area contributed by atoms with E-state index in [0.717, 1.165) is 11.1 Å². The van der Waals surface area contributed by atoms with Crippen LogP contribution in [0.25, 0.3) is 5.52 Å². The van der Waals surface area contributed by atoms with Crippen molar-refractivity contribution in [3.05, 3.63) is 81.0 Å². The zero-order valence-electron chi connectivity index (χ0n) is 16.1. The van der Waals surface area contributed by atoms with E-state index in [1.807, 2.05) is 18.2 Å². The number of rotatable bonds is 4. The van der Waals surface area contributed by atoms with Gasteiger partial charge in [0.25, 0.3) is 5.56 Å². The number of carboxylic acid groups (broad SMARTS) is 1. The molecule has 1 N–H and O–H groups in total. The van der Waals surface area contributed by atoms with Crippen molar-refractivity contribution in [2.75, 3.05) is 13.1 Å². The van der Waals surface area contributed by atoms with Gasteiger partial charge in [-0.25, -0.2) is 9.78 Å². The second-order valence-corrected chi connectivity index (χ2v) is 7.87. The number of pyridine rings is 3. The van der Waals surface area contributed by atoms with Crippen molar-refractivity contribution in [1.29, 1.82) is 5.26 Å². The Hall–Kier alpha value is -3.21. The fourth-order valence-electron chi connectivity index (χ4n) is 4.10. The van der Waals surface area contributed by atoms with Crippen LogP contribution in [-0.2, 0) is 12.0 Å². The summed E-state index contributed by atoms with van der Waals surface area (Å²) in [5.74, 6) is -1.24. The second kappa shape index (κ2) is 7.90. The Morgan fingerprint density at radius 3 is 2.70 bits per heavy atom. The van der Waals surface area contributed by atoms with Crippen LogP contribution in [0, 0.1) is 11.3 Å². The predicted octanol–water partition coefficient (Wildman–Crippen LogP) is 3.10. The first-order valence-electron chi connectivity index (χ1n) is 9.56. The van der Waals surface area contributed by atoms with E-state index < -0.39 is 16.9 Å². The number of fused-ring (bicyclic) bond motifs is 1. The Kier molecular flexibility index (Phi) is 5.29. The lowest BCUT2D eigenvalue weighted by Crippen LogP contribution is -2.41. The maximum absolute atomic E-state index is 12.4. The zero-order valence-corrected chi connectivity index (χ0v) is 16.8. The van der Waals surface area contributed by atoms with Gasteiger partial charge < -0.3 is 5.11 Å². The average molecular weight is 423 g/mol. The largest absolute Gasteiger partial charge is 0.477 e. The van der Waals surface area contributed by atoms with Gasteiger partial charge in [-0.15, -0.1) is 0 Å². The maximum Gasteiger partial charge on any atom is 0.341 e. The molecule has 1 aliphatic heterocycles. The number of carboxylic acids is 1. The molecule has 0 aromatic carbocycles. The van der Waals surface area contributed by atoms with Crippen molar-refractivity contribution in [2.24, 2.45) is 0 Å². The Labute approximate surface area is 177 Å². The molecule has 0 aliphatic carbocycles. The number of hydrogen-bond donors (Lipinski definition) is 1. The van der Waals surface area contributed by atoms with Gasteiger partial charge in [0.2, 0.25) is 0 Å². The summed E-state index contributed by atoms with van der Waals surface area (Å²) in [7, 11) is 0. The molecule has 152 valence electrons. The van der Waals surface area contributed by atoms with E-state index in [0.29, 0.717) is 43.1 Å². The number of piperidine rings is 1. The Morgan fingerprint density at radius 1 is 1.27 bits per heavy atom. The van der Waals surface area contributed by atoms with E-state index in [9.17, 15) is 20.0 Å². The lowest BCUT2D eigenvalue weighted by atomic mass is 9.74. The van der Waals surface area contributed by atoms with Gasteiger partial charge in [-0.2, -0.15) is 5.26 Å². The van der Waals surface area contributed by atoms with Gasteiger partial charge in [0.1, 0.15) is 10.7 Å². The SMILES string of the molecule is N#CC1(c2ccnc(Cl)c2)CCN(Cc2cc(C(=O)O)c(=O)n3ccccc23)CC1. The summed E-state index contributed by atoms with van der Waals surface area (Å²) < 4.78 is 1.38. The maximum atomic E-state index is 12.4. The summed E-state index contributed by atoms with van der Waals surface area (Å²) in [5, 5.41) is 19.7. The fraction of sp³-hybridized carbons (Fsp3) is 0.273. The number of hydrogen-bond acceptors (Lipinski definition) is 5. The topological polar surface area (TPSA) is 98.7 Å². The average Bonchev–Trinajstić information content (AvgIpc) is 2.76. The van der Waals surface area contributed by atoms with Crippen LogP contribution in [0.3, 0.4) is 0 Å². The molecule has 0 unspecified atom stereocenters. The molecule has 8 heteroatoms. The lowest BCUT2D eigenvalue weighted by molar-refractivity contribution is 0.0694. The highest BCUT2D eigenvalue weighted by Crippen LogP contribution is 2.36. The molecular formula is C22H19ClN4O3. The van der Waals surface area contributed by atoms with Gasteiger partial charge in [0, 0.05) is 32.0 Å². The molecule has 1 saturated heterocycles. The van der Waals surface area contributed by atoms with Crippen molar-refractivity contribution in [3.63, 3.8) is 0 Å². The summed E-state index contributed by atoms with van der Waals surface area (Å²) in [6.07, 6.45) is 4.45. The number of aromatic nitrogens is 2. The summed E-state index contributed by atoms with van der Waals surface area (Å²) in [5.41, 5.74) is 0.913. The highest BCUT2D eigenvalue weighted by atomic mass is 35.5. The van der Waals surface area contributed by atoms with E-state index >= 15 is 0 Å². The van der Waals surface area contributed by atoms with Crippen molar-refractivity contribution in [3.8, 4) is 6.07 Å². The molecule has 7 nitrogen and oxygen atoms in total. The summed E-state index contributed by atoms with van der Waals surface area (Å²) in [6.45, 7) is 1.81. The van der Waals surface area contributed by atoms with Gasteiger partial charge in [-0.05, 0) is 54.3 Å². The highest BCUT2D eigenvalue weighted by molar-refractivity contribution is 6.29. The third-order valence-electron chi connectivity index (χ3n) is 5.78. The Balaban J connectivity index is 1.61. The molecule has 0 bridgehead atoms. The van der Waals surface area contributed by atoms with Crippen LogP contribution in [0.4, 0.5) is 0 Å². The minimum Gasteiger partial charge on any atom is -0.477 e. The number of aromatic carboxylic acids is 1. The molecule has 3 aromatic rings. The van der Waals surface area contributed by atoms with Crippen LogP contribution in [0.2, 0.25) is 5.15 Å². The molecule has 3 aromatic heterocycles. The van der Waals surface area contributed by atoms with Crippen LogP contribution in [0.5, 0.6) is 0 Å². The van der Waals surface area contributed by atoms with E-state index in [2.05, 4.69) is 16.0 Å². The summed E-state index contributed by atoms with van der Waals surface area (Å²) in [6, 6.07) is 12.9. The quantitative estimate of drug-likeness (QED) is 0.648. The van der Waals surface area contributed by atoms with Gasteiger partial charge >= 0.3 is 5.97 Å². The molecule has 0 saturated carbocycles. The Morgan fingerprint density at radius 2 is 2.03 bits per heavy atom. The fourth-order valence-corrected chi connectivity index (χ4v) is 4.27. The van der Waals surface area contributed by atoms with E-state index in [1.165, 1.54) is 10.5 Å². The van der Waals surface area contributed by atoms with Crippen molar-refractivity contribution < 1.29 is 9.90 Å². The van der Waals surface area contributed by atoms with E-state index in [-0.39, 0.29) is 5.56 Å². The van der Waals surface area contributed by atoms with Crippen LogP contribution in [0.15, 0.2) is 53.6 Å². The monoisotopic (exact) mass is 422 g/mol. The number of carbonyl (C=O) groups is 1.